The minimum Gasteiger partial charge on any atom is -0.311 e. The number of hydrogen-bond acceptors (Lipinski definition) is 1. The summed E-state index contributed by atoms with van der Waals surface area (Å²) in [5, 5.41) is 3.67. The molecule has 1 aromatic rings. The summed E-state index contributed by atoms with van der Waals surface area (Å²) >= 11 is 0. The van der Waals surface area contributed by atoms with Crippen molar-refractivity contribution in [2.45, 2.75) is 51.5 Å². The molecule has 0 aromatic heterocycles. The van der Waals surface area contributed by atoms with Crippen LogP contribution in [0.25, 0.3) is 0 Å². The van der Waals surface area contributed by atoms with Gasteiger partial charge in [-0.1, -0.05) is 36.8 Å². The van der Waals surface area contributed by atoms with Gasteiger partial charge in [0.05, 0.1) is 0 Å². The summed E-state index contributed by atoms with van der Waals surface area (Å²) < 4.78 is 0. The van der Waals surface area contributed by atoms with Crippen molar-refractivity contribution in [3.05, 3.63) is 35.9 Å². The van der Waals surface area contributed by atoms with E-state index in [-0.39, 0.29) is 5.54 Å². The van der Waals surface area contributed by atoms with E-state index in [1.54, 1.807) is 0 Å². The van der Waals surface area contributed by atoms with Crippen LogP contribution < -0.4 is 5.32 Å². The molecule has 1 saturated carbocycles. The molecule has 1 aliphatic rings. The average Bonchev–Trinajstić information content (AvgIpc) is 2.21. The lowest BCUT2D eigenvalue weighted by Gasteiger charge is -2.36. The summed E-state index contributed by atoms with van der Waals surface area (Å²) in [7, 11) is 0. The van der Waals surface area contributed by atoms with Gasteiger partial charge in [0.2, 0.25) is 0 Å². The van der Waals surface area contributed by atoms with E-state index in [0.29, 0.717) is 5.92 Å². The van der Waals surface area contributed by atoms with E-state index in [1.807, 2.05) is 0 Å². The highest BCUT2D eigenvalue weighted by atomic mass is 14.9. The Hall–Kier alpha value is -0.820. The van der Waals surface area contributed by atoms with Crippen LogP contribution in [0.1, 0.15) is 51.5 Å². The second-order valence-electron chi connectivity index (χ2n) is 6.34. The molecule has 1 aromatic carbocycles. The first-order valence-corrected chi connectivity index (χ1v) is 6.86. The van der Waals surface area contributed by atoms with Gasteiger partial charge < -0.3 is 5.32 Å². The summed E-state index contributed by atoms with van der Waals surface area (Å²) in [6.07, 6.45) is 4.24. The van der Waals surface area contributed by atoms with Gasteiger partial charge in [-0.15, -0.1) is 0 Å². The molecule has 1 atom stereocenters. The largest absolute Gasteiger partial charge is 0.311 e. The number of hydrogen-bond donors (Lipinski definition) is 1. The van der Waals surface area contributed by atoms with Crippen molar-refractivity contribution < 1.29 is 0 Å². The Bertz CT molecular complexity index is 332. The van der Waals surface area contributed by atoms with Crippen LogP contribution in [-0.2, 0) is 0 Å². The predicted molar refractivity (Wildman–Crippen MR) is 74.3 cm³/mol. The van der Waals surface area contributed by atoms with Crippen molar-refractivity contribution in [2.75, 3.05) is 6.54 Å². The summed E-state index contributed by atoms with van der Waals surface area (Å²) in [6, 6.07) is 11.0. The van der Waals surface area contributed by atoms with Crippen LogP contribution in [0.15, 0.2) is 30.3 Å². The summed E-state index contributed by atoms with van der Waals surface area (Å²) in [4.78, 5) is 0. The molecule has 0 aliphatic heterocycles. The summed E-state index contributed by atoms with van der Waals surface area (Å²) in [5.74, 6) is 1.59. The highest BCUT2D eigenvalue weighted by Gasteiger charge is 2.28. The van der Waals surface area contributed by atoms with Crippen molar-refractivity contribution in [1.82, 2.24) is 5.32 Å². The highest BCUT2D eigenvalue weighted by Crippen LogP contribution is 2.39. The first-order chi connectivity index (χ1) is 8.06. The third-order valence-corrected chi connectivity index (χ3v) is 3.80. The zero-order valence-electron chi connectivity index (χ0n) is 11.4. The summed E-state index contributed by atoms with van der Waals surface area (Å²) in [6.45, 7) is 7.85. The van der Waals surface area contributed by atoms with Gasteiger partial charge >= 0.3 is 0 Å². The third kappa shape index (κ3) is 3.57. The fraction of sp³-hybridized carbons (Fsp3) is 0.625. The summed E-state index contributed by atoms with van der Waals surface area (Å²) in [5.41, 5.74) is 1.73. The lowest BCUT2D eigenvalue weighted by molar-refractivity contribution is 0.242. The number of benzene rings is 1. The van der Waals surface area contributed by atoms with E-state index in [2.05, 4.69) is 56.4 Å². The molecule has 0 radical (unpaired) electrons. The topological polar surface area (TPSA) is 12.0 Å². The van der Waals surface area contributed by atoms with Crippen molar-refractivity contribution in [1.29, 1.82) is 0 Å². The van der Waals surface area contributed by atoms with E-state index >= 15 is 0 Å². The molecule has 1 N–H and O–H groups in total. The molecule has 0 saturated heterocycles. The van der Waals surface area contributed by atoms with E-state index in [0.717, 1.165) is 12.5 Å². The van der Waals surface area contributed by atoms with Crippen LogP contribution >= 0.6 is 0 Å². The van der Waals surface area contributed by atoms with Crippen LogP contribution in [0.2, 0.25) is 0 Å². The molecule has 2 rings (SSSR count). The maximum Gasteiger partial charge on any atom is 0.00967 e. The maximum absolute atomic E-state index is 3.67. The molecule has 0 heterocycles. The van der Waals surface area contributed by atoms with Crippen molar-refractivity contribution in [2.24, 2.45) is 5.92 Å². The first-order valence-electron chi connectivity index (χ1n) is 6.86. The Morgan fingerprint density at radius 3 is 2.29 bits per heavy atom. The molecule has 0 amide bonds. The third-order valence-electron chi connectivity index (χ3n) is 3.80. The van der Waals surface area contributed by atoms with E-state index in [4.69, 9.17) is 0 Å². The molecule has 1 unspecified atom stereocenters. The molecule has 94 valence electrons. The molecule has 1 heteroatoms. The lowest BCUT2D eigenvalue weighted by atomic mass is 9.73. The Balaban J connectivity index is 2.04. The Kier molecular flexibility index (Phi) is 3.88. The van der Waals surface area contributed by atoms with Crippen molar-refractivity contribution >= 4 is 0 Å². The Morgan fingerprint density at radius 1 is 1.18 bits per heavy atom. The fourth-order valence-corrected chi connectivity index (χ4v) is 2.52. The number of nitrogens with one attached hydrogen (secondary N) is 1. The van der Waals surface area contributed by atoms with Crippen LogP contribution in [0.5, 0.6) is 0 Å². The zero-order chi connectivity index (χ0) is 12.3. The van der Waals surface area contributed by atoms with Crippen LogP contribution in [-0.4, -0.2) is 12.1 Å². The monoisotopic (exact) mass is 231 g/mol. The molecular weight excluding hydrogens is 206 g/mol. The molecular formula is C16H25N. The minimum absolute atomic E-state index is 0.219. The van der Waals surface area contributed by atoms with Crippen LogP contribution in [0.4, 0.5) is 0 Å². The standard InChI is InChI=1S/C16H25N/c1-16(2,3)17-12-15(14-10-7-11-14)13-8-5-4-6-9-13/h4-6,8-9,14-15,17H,7,10-12H2,1-3H3. The lowest BCUT2D eigenvalue weighted by Crippen LogP contribution is -2.40. The van der Waals surface area contributed by atoms with Crippen LogP contribution in [0.3, 0.4) is 0 Å². The Morgan fingerprint density at radius 2 is 1.82 bits per heavy atom. The zero-order valence-corrected chi connectivity index (χ0v) is 11.4. The number of rotatable bonds is 4. The van der Waals surface area contributed by atoms with Crippen LogP contribution in [0, 0.1) is 5.92 Å². The average molecular weight is 231 g/mol. The first kappa shape index (κ1) is 12.6. The second kappa shape index (κ2) is 5.22. The molecule has 1 nitrogen and oxygen atoms in total. The maximum atomic E-state index is 3.67. The predicted octanol–water partition coefficient (Wildman–Crippen LogP) is 3.96. The van der Waals surface area contributed by atoms with Crippen molar-refractivity contribution in [3.8, 4) is 0 Å². The normalized spacial score (nSPS) is 18.8. The van der Waals surface area contributed by atoms with Gasteiger partial charge in [0, 0.05) is 12.1 Å². The highest BCUT2D eigenvalue weighted by molar-refractivity contribution is 5.21. The van der Waals surface area contributed by atoms with Gasteiger partial charge in [-0.25, -0.2) is 0 Å². The Labute approximate surface area is 106 Å². The van der Waals surface area contributed by atoms with Gasteiger partial charge in [-0.05, 0) is 51.0 Å². The van der Waals surface area contributed by atoms with E-state index in [9.17, 15) is 0 Å². The quantitative estimate of drug-likeness (QED) is 0.827. The fourth-order valence-electron chi connectivity index (χ4n) is 2.52. The van der Waals surface area contributed by atoms with E-state index < -0.39 is 0 Å². The van der Waals surface area contributed by atoms with Gasteiger partial charge in [0.15, 0.2) is 0 Å². The smallest absolute Gasteiger partial charge is 0.00967 e. The molecule has 17 heavy (non-hydrogen) atoms. The molecule has 1 fully saturated rings. The van der Waals surface area contributed by atoms with Gasteiger partial charge in [-0.3, -0.25) is 0 Å². The van der Waals surface area contributed by atoms with Crippen molar-refractivity contribution in [3.63, 3.8) is 0 Å². The van der Waals surface area contributed by atoms with E-state index in [1.165, 1.54) is 24.8 Å². The van der Waals surface area contributed by atoms with Gasteiger partial charge in [-0.2, -0.15) is 0 Å². The molecule has 1 aliphatic carbocycles. The molecule has 0 bridgehead atoms. The SMILES string of the molecule is CC(C)(C)NCC(c1ccccc1)C1CCC1. The van der Waals surface area contributed by atoms with Gasteiger partial charge in [0.1, 0.15) is 0 Å². The second-order valence-corrected chi connectivity index (χ2v) is 6.34. The molecule has 0 spiro atoms. The van der Waals surface area contributed by atoms with Gasteiger partial charge in [0.25, 0.3) is 0 Å². The minimum atomic E-state index is 0.219.